The highest BCUT2D eigenvalue weighted by molar-refractivity contribution is 6.34. The number of aliphatic hydroxyl groups is 1. The standard InChI is InChI=1S/C11H11ClO6/c1-3-7(13)4-5(11(16)18-3)8(14)10(17-2)9(15)6(4)12/h3,7,13-15H,1-2H3. The fourth-order valence-electron chi connectivity index (χ4n) is 1.89. The zero-order valence-electron chi connectivity index (χ0n) is 9.60. The van der Waals surface area contributed by atoms with Crippen LogP contribution in [0.5, 0.6) is 17.2 Å². The number of hydrogen-bond donors (Lipinski definition) is 3. The molecular weight excluding hydrogens is 264 g/mol. The van der Waals surface area contributed by atoms with Crippen LogP contribution in [0, 0.1) is 0 Å². The van der Waals surface area contributed by atoms with Gasteiger partial charge in [-0.05, 0) is 6.92 Å². The summed E-state index contributed by atoms with van der Waals surface area (Å²) in [6, 6.07) is 0. The summed E-state index contributed by atoms with van der Waals surface area (Å²) in [6.07, 6.45) is -2.05. The molecule has 0 saturated carbocycles. The number of phenols is 2. The van der Waals surface area contributed by atoms with Crippen molar-refractivity contribution in [3.05, 3.63) is 16.1 Å². The first kappa shape index (κ1) is 12.8. The Kier molecular flexibility index (Phi) is 3.00. The number of hydrogen-bond acceptors (Lipinski definition) is 6. The molecule has 0 saturated heterocycles. The molecule has 1 aliphatic rings. The molecule has 1 aromatic rings. The molecule has 2 atom stereocenters. The van der Waals surface area contributed by atoms with Crippen LogP contribution in [0.1, 0.15) is 28.9 Å². The summed E-state index contributed by atoms with van der Waals surface area (Å²) < 4.78 is 9.61. The van der Waals surface area contributed by atoms with Crippen molar-refractivity contribution in [3.8, 4) is 17.2 Å². The largest absolute Gasteiger partial charge is 0.504 e. The van der Waals surface area contributed by atoms with E-state index in [1.165, 1.54) is 14.0 Å². The van der Waals surface area contributed by atoms with E-state index in [0.29, 0.717) is 0 Å². The second kappa shape index (κ2) is 4.22. The van der Waals surface area contributed by atoms with Crippen LogP contribution in [0.2, 0.25) is 5.02 Å². The molecule has 7 heteroatoms. The monoisotopic (exact) mass is 274 g/mol. The number of halogens is 1. The van der Waals surface area contributed by atoms with Crippen LogP contribution in [0.4, 0.5) is 0 Å². The van der Waals surface area contributed by atoms with Gasteiger partial charge in [-0.15, -0.1) is 0 Å². The van der Waals surface area contributed by atoms with Gasteiger partial charge >= 0.3 is 5.97 Å². The average molecular weight is 275 g/mol. The van der Waals surface area contributed by atoms with Crippen LogP contribution in [0.25, 0.3) is 0 Å². The molecule has 98 valence electrons. The van der Waals surface area contributed by atoms with Crippen LogP contribution in [-0.2, 0) is 4.74 Å². The Morgan fingerprint density at radius 1 is 1.33 bits per heavy atom. The van der Waals surface area contributed by atoms with E-state index in [1.807, 2.05) is 0 Å². The normalized spacial score (nSPS) is 22.3. The SMILES string of the molecule is COc1c(O)c(Cl)c2c(c1O)C(=O)OC(C)C2O. The first-order valence-corrected chi connectivity index (χ1v) is 5.48. The molecule has 0 aromatic heterocycles. The number of aromatic hydroxyl groups is 2. The van der Waals surface area contributed by atoms with E-state index in [0.717, 1.165) is 0 Å². The van der Waals surface area contributed by atoms with Crippen LogP contribution < -0.4 is 4.74 Å². The fourth-order valence-corrected chi connectivity index (χ4v) is 2.19. The highest BCUT2D eigenvalue weighted by Gasteiger charge is 2.39. The van der Waals surface area contributed by atoms with E-state index in [9.17, 15) is 20.1 Å². The van der Waals surface area contributed by atoms with E-state index in [-0.39, 0.29) is 21.9 Å². The molecule has 18 heavy (non-hydrogen) atoms. The van der Waals surface area contributed by atoms with Crippen molar-refractivity contribution in [1.29, 1.82) is 0 Å². The highest BCUT2D eigenvalue weighted by atomic mass is 35.5. The quantitative estimate of drug-likeness (QED) is 0.669. The summed E-state index contributed by atoms with van der Waals surface area (Å²) in [7, 11) is 1.20. The van der Waals surface area contributed by atoms with Crippen molar-refractivity contribution in [2.75, 3.05) is 7.11 Å². The zero-order chi connectivity index (χ0) is 13.6. The molecule has 2 rings (SSSR count). The lowest BCUT2D eigenvalue weighted by atomic mass is 9.94. The minimum atomic E-state index is -1.23. The van der Waals surface area contributed by atoms with Crippen LogP contribution >= 0.6 is 11.6 Å². The lowest BCUT2D eigenvalue weighted by Crippen LogP contribution is -2.30. The lowest BCUT2D eigenvalue weighted by molar-refractivity contribution is -0.0218. The van der Waals surface area contributed by atoms with Crippen molar-refractivity contribution >= 4 is 17.6 Å². The van der Waals surface area contributed by atoms with Gasteiger partial charge < -0.3 is 24.8 Å². The van der Waals surface area contributed by atoms with E-state index in [1.54, 1.807) is 0 Å². The smallest absolute Gasteiger partial charge is 0.342 e. The predicted molar refractivity (Wildman–Crippen MR) is 61.2 cm³/mol. The van der Waals surface area contributed by atoms with Gasteiger partial charge in [0.05, 0.1) is 12.1 Å². The number of methoxy groups -OCH3 is 1. The Labute approximate surface area is 107 Å². The molecule has 1 heterocycles. The number of ether oxygens (including phenoxy) is 2. The minimum absolute atomic E-state index is 0.0591. The average Bonchev–Trinajstić information content (AvgIpc) is 2.31. The molecule has 1 aromatic carbocycles. The molecule has 2 unspecified atom stereocenters. The number of carbonyl (C=O) groups excluding carboxylic acids is 1. The van der Waals surface area contributed by atoms with Gasteiger partial charge in [0.25, 0.3) is 0 Å². The van der Waals surface area contributed by atoms with Gasteiger partial charge in [-0.3, -0.25) is 0 Å². The van der Waals surface area contributed by atoms with E-state index in [4.69, 9.17) is 21.1 Å². The zero-order valence-corrected chi connectivity index (χ0v) is 10.4. The maximum absolute atomic E-state index is 11.7. The first-order valence-electron chi connectivity index (χ1n) is 5.10. The number of phenolic OH excluding ortho intramolecular Hbond substituents is 2. The van der Waals surface area contributed by atoms with Crippen molar-refractivity contribution < 1.29 is 29.6 Å². The third-order valence-corrected chi connectivity index (χ3v) is 3.20. The van der Waals surface area contributed by atoms with Gasteiger partial charge in [-0.25, -0.2) is 4.79 Å². The van der Waals surface area contributed by atoms with Crippen LogP contribution in [0.15, 0.2) is 0 Å². The van der Waals surface area contributed by atoms with E-state index in [2.05, 4.69) is 0 Å². The van der Waals surface area contributed by atoms with Crippen molar-refractivity contribution in [2.24, 2.45) is 0 Å². The lowest BCUT2D eigenvalue weighted by Gasteiger charge is -2.29. The van der Waals surface area contributed by atoms with Crippen LogP contribution in [0.3, 0.4) is 0 Å². The molecule has 0 fully saturated rings. The maximum Gasteiger partial charge on any atom is 0.342 e. The number of benzene rings is 1. The Bertz CT molecular complexity index is 527. The predicted octanol–water partition coefficient (Wildman–Crippen LogP) is 1.35. The van der Waals surface area contributed by atoms with Gasteiger partial charge in [0.1, 0.15) is 17.8 Å². The molecule has 3 N–H and O–H groups in total. The molecular formula is C11H11ClO6. The van der Waals surface area contributed by atoms with Crippen molar-refractivity contribution in [1.82, 2.24) is 0 Å². The summed E-state index contributed by atoms with van der Waals surface area (Å²) in [4.78, 5) is 11.7. The Balaban J connectivity index is 2.82. The minimum Gasteiger partial charge on any atom is -0.504 e. The molecule has 0 amide bonds. The fraction of sp³-hybridized carbons (Fsp3) is 0.364. The summed E-state index contributed by atoms with van der Waals surface area (Å²) in [5, 5.41) is 29.3. The number of fused-ring (bicyclic) bond motifs is 1. The summed E-state index contributed by atoms with van der Waals surface area (Å²) >= 11 is 5.88. The third kappa shape index (κ3) is 1.57. The van der Waals surface area contributed by atoms with Crippen LogP contribution in [-0.4, -0.2) is 34.5 Å². The second-order valence-electron chi connectivity index (χ2n) is 3.89. The highest BCUT2D eigenvalue weighted by Crippen LogP contribution is 2.50. The summed E-state index contributed by atoms with van der Waals surface area (Å²) in [5.74, 6) is -2.31. The number of carbonyl (C=O) groups is 1. The summed E-state index contributed by atoms with van der Waals surface area (Å²) in [6.45, 7) is 1.47. The van der Waals surface area contributed by atoms with E-state index >= 15 is 0 Å². The van der Waals surface area contributed by atoms with Gasteiger partial charge in [0, 0.05) is 5.56 Å². The first-order chi connectivity index (χ1) is 8.40. The molecule has 0 aliphatic carbocycles. The maximum atomic E-state index is 11.7. The molecule has 6 nitrogen and oxygen atoms in total. The van der Waals surface area contributed by atoms with Gasteiger partial charge in [-0.1, -0.05) is 11.6 Å². The van der Waals surface area contributed by atoms with Gasteiger partial charge in [0.2, 0.25) is 5.75 Å². The van der Waals surface area contributed by atoms with E-state index < -0.39 is 29.7 Å². The van der Waals surface area contributed by atoms with Crippen molar-refractivity contribution in [2.45, 2.75) is 19.1 Å². The van der Waals surface area contributed by atoms with Gasteiger partial charge in [-0.2, -0.15) is 0 Å². The number of cyclic esters (lactones) is 1. The number of esters is 1. The second-order valence-corrected chi connectivity index (χ2v) is 4.27. The van der Waals surface area contributed by atoms with Gasteiger partial charge in [0.15, 0.2) is 11.5 Å². The Hall–Kier alpha value is -1.66. The number of rotatable bonds is 1. The Morgan fingerprint density at radius 3 is 2.50 bits per heavy atom. The molecule has 0 bridgehead atoms. The molecule has 0 spiro atoms. The van der Waals surface area contributed by atoms with Crippen molar-refractivity contribution in [3.63, 3.8) is 0 Å². The Morgan fingerprint density at radius 2 is 1.94 bits per heavy atom. The number of aliphatic hydroxyl groups excluding tert-OH is 1. The third-order valence-electron chi connectivity index (χ3n) is 2.82. The molecule has 0 radical (unpaired) electrons. The summed E-state index contributed by atoms with van der Waals surface area (Å²) in [5.41, 5.74) is -0.350. The topological polar surface area (TPSA) is 96.2 Å². The molecule has 1 aliphatic heterocycles.